The van der Waals surface area contributed by atoms with Gasteiger partial charge in [0.1, 0.15) is 5.58 Å². The third-order valence-corrected chi connectivity index (χ3v) is 3.68. The molecule has 21 heavy (non-hydrogen) atoms. The molecule has 1 aromatic heterocycles. The van der Waals surface area contributed by atoms with Gasteiger partial charge in [0.05, 0.1) is 0 Å². The van der Waals surface area contributed by atoms with Crippen LogP contribution in [0.5, 0.6) is 0 Å². The van der Waals surface area contributed by atoms with Crippen molar-refractivity contribution in [3.8, 4) is 0 Å². The first kappa shape index (κ1) is 11.9. The molecule has 0 N–H and O–H groups in total. The van der Waals surface area contributed by atoms with Crippen LogP contribution in [-0.2, 0) is 0 Å². The molecule has 4 aromatic rings. The first-order valence-electron chi connectivity index (χ1n) is 6.84. The van der Waals surface area contributed by atoms with Crippen molar-refractivity contribution in [3.05, 3.63) is 84.1 Å². The molecule has 2 nitrogen and oxygen atoms in total. The van der Waals surface area contributed by atoms with Crippen LogP contribution in [0.2, 0.25) is 0 Å². The van der Waals surface area contributed by atoms with Gasteiger partial charge in [0.15, 0.2) is 5.76 Å². The Balaban J connectivity index is 1.90. The molecule has 0 saturated carbocycles. The van der Waals surface area contributed by atoms with Crippen molar-refractivity contribution in [1.29, 1.82) is 0 Å². The lowest BCUT2D eigenvalue weighted by molar-refractivity contribution is 0.101. The molecule has 0 spiro atoms. The quantitative estimate of drug-likeness (QED) is 0.490. The van der Waals surface area contributed by atoms with Gasteiger partial charge < -0.3 is 4.42 Å². The van der Waals surface area contributed by atoms with E-state index in [-0.39, 0.29) is 5.78 Å². The van der Waals surface area contributed by atoms with Crippen molar-refractivity contribution in [2.75, 3.05) is 0 Å². The Hall–Kier alpha value is -2.87. The Morgan fingerprint density at radius 1 is 0.762 bits per heavy atom. The third-order valence-electron chi connectivity index (χ3n) is 3.68. The van der Waals surface area contributed by atoms with Crippen LogP contribution >= 0.6 is 0 Å². The molecule has 3 aromatic carbocycles. The zero-order valence-electron chi connectivity index (χ0n) is 11.2. The number of hydrogen-bond donors (Lipinski definition) is 0. The minimum atomic E-state index is -0.0806. The summed E-state index contributed by atoms with van der Waals surface area (Å²) in [5, 5.41) is 2.95. The SMILES string of the molecule is O=C(c1cc2ccccc2o1)c1cccc2ccccc12. The minimum absolute atomic E-state index is 0.0806. The number of benzene rings is 3. The molecule has 0 aliphatic heterocycles. The van der Waals surface area contributed by atoms with Gasteiger partial charge >= 0.3 is 0 Å². The molecule has 0 aliphatic rings. The van der Waals surface area contributed by atoms with Gasteiger partial charge in [0.2, 0.25) is 5.78 Å². The fraction of sp³-hybridized carbons (Fsp3) is 0. The van der Waals surface area contributed by atoms with Crippen LogP contribution < -0.4 is 0 Å². The van der Waals surface area contributed by atoms with Crippen LogP contribution in [0.15, 0.2) is 77.2 Å². The van der Waals surface area contributed by atoms with Gasteiger partial charge in [-0.2, -0.15) is 0 Å². The number of para-hydroxylation sites is 1. The van der Waals surface area contributed by atoms with E-state index in [1.165, 1.54) is 0 Å². The van der Waals surface area contributed by atoms with Crippen molar-refractivity contribution >= 4 is 27.5 Å². The van der Waals surface area contributed by atoms with E-state index in [1.807, 2.05) is 66.7 Å². The molecule has 0 bridgehead atoms. The van der Waals surface area contributed by atoms with Crippen LogP contribution in [-0.4, -0.2) is 5.78 Å². The summed E-state index contributed by atoms with van der Waals surface area (Å²) in [5.41, 5.74) is 1.41. The summed E-state index contributed by atoms with van der Waals surface area (Å²) < 4.78 is 5.68. The minimum Gasteiger partial charge on any atom is -0.453 e. The Kier molecular flexibility index (Phi) is 2.61. The van der Waals surface area contributed by atoms with E-state index in [0.717, 1.165) is 21.7 Å². The summed E-state index contributed by atoms with van der Waals surface area (Å²) in [7, 11) is 0. The van der Waals surface area contributed by atoms with E-state index in [1.54, 1.807) is 6.07 Å². The predicted molar refractivity (Wildman–Crippen MR) is 83.6 cm³/mol. The Labute approximate surface area is 121 Å². The van der Waals surface area contributed by atoms with E-state index >= 15 is 0 Å². The third kappa shape index (κ3) is 1.93. The maximum Gasteiger partial charge on any atom is 0.228 e. The standard InChI is InChI=1S/C19H12O2/c20-19(18-12-14-7-2-4-11-17(14)21-18)16-10-5-8-13-6-1-3-9-15(13)16/h1-12H. The zero-order valence-corrected chi connectivity index (χ0v) is 11.2. The topological polar surface area (TPSA) is 30.2 Å². The number of rotatable bonds is 2. The fourth-order valence-electron chi connectivity index (χ4n) is 2.65. The normalized spacial score (nSPS) is 11.0. The molecule has 2 heteroatoms. The maximum atomic E-state index is 12.7. The van der Waals surface area contributed by atoms with Crippen molar-refractivity contribution in [2.24, 2.45) is 0 Å². The van der Waals surface area contributed by atoms with Gasteiger partial charge in [-0.25, -0.2) is 0 Å². The smallest absolute Gasteiger partial charge is 0.228 e. The maximum absolute atomic E-state index is 12.7. The highest BCUT2D eigenvalue weighted by molar-refractivity contribution is 6.16. The van der Waals surface area contributed by atoms with Crippen molar-refractivity contribution in [3.63, 3.8) is 0 Å². The molecule has 100 valence electrons. The number of ketones is 1. The van der Waals surface area contributed by atoms with Gasteiger partial charge in [-0.3, -0.25) is 4.79 Å². The summed E-state index contributed by atoms with van der Waals surface area (Å²) in [6.07, 6.45) is 0. The molecule has 0 saturated heterocycles. The second kappa shape index (κ2) is 4.60. The molecule has 0 radical (unpaired) electrons. The highest BCUT2D eigenvalue weighted by Gasteiger charge is 2.16. The first-order valence-corrected chi connectivity index (χ1v) is 6.84. The predicted octanol–water partition coefficient (Wildman–Crippen LogP) is 4.82. The van der Waals surface area contributed by atoms with Crippen molar-refractivity contribution < 1.29 is 9.21 Å². The molecule has 1 heterocycles. The van der Waals surface area contributed by atoms with E-state index in [2.05, 4.69) is 0 Å². The lowest BCUT2D eigenvalue weighted by Gasteiger charge is -2.03. The number of hydrogen-bond acceptors (Lipinski definition) is 2. The highest BCUT2D eigenvalue weighted by Crippen LogP contribution is 2.25. The van der Waals surface area contributed by atoms with E-state index in [4.69, 9.17) is 4.42 Å². The second-order valence-corrected chi connectivity index (χ2v) is 5.00. The van der Waals surface area contributed by atoms with Gasteiger partial charge in [-0.05, 0) is 22.9 Å². The molecular formula is C19H12O2. The average molecular weight is 272 g/mol. The number of fused-ring (bicyclic) bond motifs is 2. The monoisotopic (exact) mass is 272 g/mol. The number of carbonyl (C=O) groups is 1. The highest BCUT2D eigenvalue weighted by atomic mass is 16.3. The second-order valence-electron chi connectivity index (χ2n) is 5.00. The lowest BCUT2D eigenvalue weighted by Crippen LogP contribution is -2.00. The van der Waals surface area contributed by atoms with Crippen LogP contribution in [0.1, 0.15) is 16.1 Å². The summed E-state index contributed by atoms with van der Waals surface area (Å²) in [5.74, 6) is 0.301. The van der Waals surface area contributed by atoms with Crippen LogP contribution in [0, 0.1) is 0 Å². The molecule has 0 aliphatic carbocycles. The van der Waals surface area contributed by atoms with Gasteiger partial charge in [0.25, 0.3) is 0 Å². The van der Waals surface area contributed by atoms with Crippen LogP contribution in [0.25, 0.3) is 21.7 Å². The Bertz CT molecular complexity index is 925. The largest absolute Gasteiger partial charge is 0.453 e. The lowest BCUT2D eigenvalue weighted by atomic mass is 10.0. The molecule has 0 amide bonds. The average Bonchev–Trinajstić information content (AvgIpc) is 2.97. The van der Waals surface area contributed by atoms with Crippen molar-refractivity contribution in [1.82, 2.24) is 0 Å². The van der Waals surface area contributed by atoms with Gasteiger partial charge in [-0.1, -0.05) is 60.7 Å². The van der Waals surface area contributed by atoms with Crippen LogP contribution in [0.4, 0.5) is 0 Å². The molecule has 0 atom stereocenters. The van der Waals surface area contributed by atoms with Crippen LogP contribution in [0.3, 0.4) is 0 Å². The Morgan fingerprint density at radius 2 is 1.48 bits per heavy atom. The summed E-state index contributed by atoms with van der Waals surface area (Å²) in [6, 6.07) is 23.1. The number of furan rings is 1. The summed E-state index contributed by atoms with van der Waals surface area (Å²) >= 11 is 0. The molecule has 0 unspecified atom stereocenters. The van der Waals surface area contributed by atoms with E-state index in [0.29, 0.717) is 11.3 Å². The zero-order chi connectivity index (χ0) is 14.2. The fourth-order valence-corrected chi connectivity index (χ4v) is 2.65. The molecule has 0 fully saturated rings. The van der Waals surface area contributed by atoms with Gasteiger partial charge in [0, 0.05) is 10.9 Å². The molecular weight excluding hydrogens is 260 g/mol. The summed E-state index contributed by atoms with van der Waals surface area (Å²) in [4.78, 5) is 12.7. The number of carbonyl (C=O) groups excluding carboxylic acids is 1. The Morgan fingerprint density at radius 3 is 2.33 bits per heavy atom. The van der Waals surface area contributed by atoms with E-state index < -0.39 is 0 Å². The summed E-state index contributed by atoms with van der Waals surface area (Å²) in [6.45, 7) is 0. The first-order chi connectivity index (χ1) is 10.3. The molecule has 4 rings (SSSR count). The van der Waals surface area contributed by atoms with E-state index in [9.17, 15) is 4.79 Å². The van der Waals surface area contributed by atoms with Gasteiger partial charge in [-0.15, -0.1) is 0 Å². The van der Waals surface area contributed by atoms with Crippen molar-refractivity contribution in [2.45, 2.75) is 0 Å².